The first kappa shape index (κ1) is 5.40. The zero-order valence-electron chi connectivity index (χ0n) is 3.53. The molecule has 40 valence electrons. The van der Waals surface area contributed by atoms with Crippen LogP contribution in [0.25, 0.3) is 0 Å². The molecule has 0 saturated carbocycles. The number of nitrogens with zero attached hydrogens (tertiary/aromatic N) is 2. The predicted octanol–water partition coefficient (Wildman–Crippen LogP) is 0.643. The highest BCUT2D eigenvalue weighted by Gasteiger charge is 2.22. The standard InChI is InChI=1S/C2H5N3S2/c3-2(6)5-4-1-7-2/h6H,1,3H2. The quantitative estimate of drug-likeness (QED) is 0.378. The van der Waals surface area contributed by atoms with Gasteiger partial charge in [0, 0.05) is 0 Å². The molecule has 2 N–H and O–H groups in total. The van der Waals surface area contributed by atoms with Gasteiger partial charge in [-0.15, -0.1) is 17.7 Å². The third-order valence-electron chi connectivity index (χ3n) is 0.549. The monoisotopic (exact) mass is 135 g/mol. The van der Waals surface area contributed by atoms with Crippen molar-refractivity contribution in [2.75, 3.05) is 5.88 Å². The maximum absolute atomic E-state index is 5.34. The molecule has 0 aromatic carbocycles. The molecule has 1 atom stereocenters. The van der Waals surface area contributed by atoms with Gasteiger partial charge in [-0.1, -0.05) is 11.8 Å². The molecule has 0 fully saturated rings. The molecule has 1 rings (SSSR count). The van der Waals surface area contributed by atoms with E-state index in [0.29, 0.717) is 5.88 Å². The van der Waals surface area contributed by atoms with Gasteiger partial charge in [0.05, 0.1) is 0 Å². The molecule has 0 spiro atoms. The van der Waals surface area contributed by atoms with Crippen molar-refractivity contribution in [2.24, 2.45) is 16.0 Å². The van der Waals surface area contributed by atoms with Gasteiger partial charge >= 0.3 is 0 Å². The number of azo groups is 1. The van der Waals surface area contributed by atoms with Gasteiger partial charge in [0.25, 0.3) is 0 Å². The molecule has 0 aliphatic carbocycles. The first-order valence-electron chi connectivity index (χ1n) is 1.74. The van der Waals surface area contributed by atoms with E-state index in [9.17, 15) is 0 Å². The van der Waals surface area contributed by atoms with Crippen LogP contribution < -0.4 is 5.73 Å². The summed E-state index contributed by atoms with van der Waals surface area (Å²) in [5.41, 5.74) is 5.34. The van der Waals surface area contributed by atoms with Crippen LogP contribution in [0.15, 0.2) is 10.2 Å². The second kappa shape index (κ2) is 1.65. The summed E-state index contributed by atoms with van der Waals surface area (Å²) in [6.45, 7) is 0. The van der Waals surface area contributed by atoms with Crippen molar-refractivity contribution in [1.29, 1.82) is 0 Å². The predicted molar refractivity (Wildman–Crippen MR) is 33.2 cm³/mol. The van der Waals surface area contributed by atoms with Crippen molar-refractivity contribution in [3.8, 4) is 0 Å². The molecular formula is C2H5N3S2. The van der Waals surface area contributed by atoms with E-state index < -0.39 is 4.33 Å². The molecule has 1 aliphatic heterocycles. The minimum Gasteiger partial charge on any atom is -0.288 e. The lowest BCUT2D eigenvalue weighted by molar-refractivity contribution is 0.865. The fourth-order valence-corrected chi connectivity index (χ4v) is 0.940. The number of hydrogen-bond donors (Lipinski definition) is 2. The number of hydrogen-bond acceptors (Lipinski definition) is 5. The van der Waals surface area contributed by atoms with Crippen LogP contribution in [0, 0.1) is 0 Å². The smallest absolute Gasteiger partial charge is 0.222 e. The highest BCUT2D eigenvalue weighted by atomic mass is 32.2. The third-order valence-corrected chi connectivity index (χ3v) is 1.78. The zero-order valence-corrected chi connectivity index (χ0v) is 5.25. The van der Waals surface area contributed by atoms with Crippen molar-refractivity contribution in [3.05, 3.63) is 0 Å². The molecule has 0 aromatic rings. The fraction of sp³-hybridized carbons (Fsp3) is 1.00. The molecule has 0 amide bonds. The lowest BCUT2D eigenvalue weighted by Crippen LogP contribution is -2.22. The van der Waals surface area contributed by atoms with Crippen molar-refractivity contribution in [1.82, 2.24) is 0 Å². The van der Waals surface area contributed by atoms with Crippen LogP contribution in [0.3, 0.4) is 0 Å². The van der Waals surface area contributed by atoms with Crippen molar-refractivity contribution in [3.63, 3.8) is 0 Å². The Morgan fingerprint density at radius 3 is 2.71 bits per heavy atom. The largest absolute Gasteiger partial charge is 0.288 e. The van der Waals surface area contributed by atoms with Crippen LogP contribution in [0.1, 0.15) is 0 Å². The summed E-state index contributed by atoms with van der Waals surface area (Å²) in [4.78, 5) is 0. The van der Waals surface area contributed by atoms with Crippen molar-refractivity contribution in [2.45, 2.75) is 4.33 Å². The molecule has 0 radical (unpaired) electrons. The van der Waals surface area contributed by atoms with Crippen LogP contribution in [0.5, 0.6) is 0 Å². The second-order valence-electron chi connectivity index (χ2n) is 1.17. The molecule has 5 heteroatoms. The number of thioether (sulfide) groups is 1. The minimum atomic E-state index is -0.736. The molecule has 7 heavy (non-hydrogen) atoms. The van der Waals surface area contributed by atoms with E-state index in [4.69, 9.17) is 5.73 Å². The maximum atomic E-state index is 5.34. The number of rotatable bonds is 0. The van der Waals surface area contributed by atoms with E-state index in [1.165, 1.54) is 11.8 Å². The Morgan fingerprint density at radius 1 is 1.86 bits per heavy atom. The van der Waals surface area contributed by atoms with E-state index in [-0.39, 0.29) is 0 Å². The molecule has 0 bridgehead atoms. The molecular weight excluding hydrogens is 130 g/mol. The Hall–Kier alpha value is 0.260. The molecule has 1 unspecified atom stereocenters. The van der Waals surface area contributed by atoms with Crippen LogP contribution >= 0.6 is 24.4 Å². The normalized spacial score (nSPS) is 39.7. The summed E-state index contributed by atoms with van der Waals surface area (Å²) in [5.74, 6) is 0.639. The maximum Gasteiger partial charge on any atom is 0.222 e. The second-order valence-corrected chi connectivity index (χ2v) is 3.33. The average Bonchev–Trinajstić information content (AvgIpc) is 1.84. The molecule has 1 aliphatic rings. The highest BCUT2D eigenvalue weighted by Crippen LogP contribution is 2.30. The van der Waals surface area contributed by atoms with Crippen molar-refractivity contribution < 1.29 is 0 Å². The van der Waals surface area contributed by atoms with Gasteiger partial charge in [0.1, 0.15) is 5.88 Å². The SMILES string of the molecule is NC1(S)N=NCS1. The summed E-state index contributed by atoms with van der Waals surface area (Å²) >= 11 is 5.34. The Morgan fingerprint density at radius 2 is 2.57 bits per heavy atom. The third kappa shape index (κ3) is 1.32. The minimum absolute atomic E-state index is 0.639. The van der Waals surface area contributed by atoms with E-state index in [2.05, 4.69) is 22.9 Å². The molecule has 3 nitrogen and oxygen atoms in total. The van der Waals surface area contributed by atoms with Gasteiger partial charge in [-0.3, -0.25) is 5.73 Å². The van der Waals surface area contributed by atoms with Gasteiger partial charge < -0.3 is 0 Å². The fourth-order valence-electron chi connectivity index (χ4n) is 0.283. The zero-order chi connectivity index (χ0) is 5.33. The number of nitrogens with two attached hydrogens (primary N) is 1. The summed E-state index contributed by atoms with van der Waals surface area (Å²) in [7, 11) is 0. The Labute approximate surface area is 51.2 Å². The van der Waals surface area contributed by atoms with Gasteiger partial charge in [-0.25, -0.2) is 0 Å². The van der Waals surface area contributed by atoms with E-state index in [1.807, 2.05) is 0 Å². The van der Waals surface area contributed by atoms with Crippen LogP contribution in [-0.2, 0) is 0 Å². The molecule has 1 heterocycles. The lowest BCUT2D eigenvalue weighted by atomic mass is 11.2. The highest BCUT2D eigenvalue weighted by molar-refractivity contribution is 8.11. The summed E-state index contributed by atoms with van der Waals surface area (Å²) in [6, 6.07) is 0. The van der Waals surface area contributed by atoms with Gasteiger partial charge in [0.15, 0.2) is 0 Å². The Balaban J connectivity index is 2.57. The van der Waals surface area contributed by atoms with Gasteiger partial charge in [-0.2, -0.15) is 5.11 Å². The van der Waals surface area contributed by atoms with Crippen LogP contribution in [0.4, 0.5) is 0 Å². The summed E-state index contributed by atoms with van der Waals surface area (Å²) in [5, 5.41) is 7.22. The van der Waals surface area contributed by atoms with Crippen LogP contribution in [0.2, 0.25) is 0 Å². The van der Waals surface area contributed by atoms with Crippen LogP contribution in [-0.4, -0.2) is 10.2 Å². The topological polar surface area (TPSA) is 50.7 Å². The molecule has 0 aromatic heterocycles. The number of thiol groups is 1. The lowest BCUT2D eigenvalue weighted by Gasteiger charge is -2.05. The molecule has 0 saturated heterocycles. The first-order chi connectivity index (χ1) is 3.21. The Bertz CT molecular complexity index is 99.1. The van der Waals surface area contributed by atoms with Crippen molar-refractivity contribution >= 4 is 24.4 Å². The van der Waals surface area contributed by atoms with Gasteiger partial charge in [-0.05, 0) is 0 Å². The summed E-state index contributed by atoms with van der Waals surface area (Å²) in [6.07, 6.45) is 0. The first-order valence-corrected chi connectivity index (χ1v) is 3.18. The van der Waals surface area contributed by atoms with E-state index in [1.54, 1.807) is 0 Å². The van der Waals surface area contributed by atoms with E-state index in [0.717, 1.165) is 0 Å². The van der Waals surface area contributed by atoms with Gasteiger partial charge in [0.2, 0.25) is 4.33 Å². The Kier molecular flexibility index (Phi) is 1.27. The van der Waals surface area contributed by atoms with E-state index >= 15 is 0 Å². The average molecular weight is 135 g/mol. The summed E-state index contributed by atoms with van der Waals surface area (Å²) < 4.78 is -0.736.